The van der Waals surface area contributed by atoms with Crippen LogP contribution >= 0.6 is 0 Å². The number of halogens is 1. The van der Waals surface area contributed by atoms with E-state index in [9.17, 15) is 4.39 Å². The highest BCUT2D eigenvalue weighted by molar-refractivity contribution is 5.46. The first-order valence-corrected chi connectivity index (χ1v) is 7.03. The lowest BCUT2D eigenvalue weighted by Gasteiger charge is -2.08. The Bertz CT molecular complexity index is 737. The third kappa shape index (κ3) is 1.99. The predicted octanol–water partition coefficient (Wildman–Crippen LogP) is 3.48. The van der Waals surface area contributed by atoms with E-state index in [1.54, 1.807) is 10.5 Å². The number of fused-ring (bicyclic) bond motifs is 1. The van der Waals surface area contributed by atoms with Crippen LogP contribution < -0.4 is 4.57 Å². The molecule has 0 atom stereocenters. The van der Waals surface area contributed by atoms with Gasteiger partial charge in [0.25, 0.3) is 12.3 Å². The third-order valence-electron chi connectivity index (χ3n) is 3.74. The summed E-state index contributed by atoms with van der Waals surface area (Å²) in [6.07, 6.45) is 5.73. The summed E-state index contributed by atoms with van der Waals surface area (Å²) in [5.41, 5.74) is 4.61. The zero-order valence-corrected chi connectivity index (χ0v) is 11.8. The van der Waals surface area contributed by atoms with Gasteiger partial charge in [0.1, 0.15) is 11.9 Å². The molecule has 0 aliphatic heterocycles. The van der Waals surface area contributed by atoms with Gasteiger partial charge in [-0.1, -0.05) is 38.1 Å². The standard InChI is InChI=1S/C17H18FN2/c1-3-13-7-5-8-14(4-2)17(13)19-11-15-9-6-10-16(18)20(15)12-19/h5-12H,3-4H2,1-2H3/q+1. The summed E-state index contributed by atoms with van der Waals surface area (Å²) in [4.78, 5) is 0. The summed E-state index contributed by atoms with van der Waals surface area (Å²) in [6.45, 7) is 4.30. The summed E-state index contributed by atoms with van der Waals surface area (Å²) in [5.74, 6) is -0.242. The smallest absolute Gasteiger partial charge is 0.201 e. The third-order valence-corrected chi connectivity index (χ3v) is 3.74. The molecule has 0 spiro atoms. The van der Waals surface area contributed by atoms with E-state index in [1.807, 2.05) is 23.2 Å². The molecule has 0 radical (unpaired) electrons. The average molecular weight is 269 g/mol. The van der Waals surface area contributed by atoms with Gasteiger partial charge in [0, 0.05) is 6.07 Å². The molecule has 0 saturated carbocycles. The van der Waals surface area contributed by atoms with Crippen LogP contribution in [0, 0.1) is 5.95 Å². The minimum atomic E-state index is -0.242. The van der Waals surface area contributed by atoms with Crippen LogP contribution in [0.15, 0.2) is 48.9 Å². The van der Waals surface area contributed by atoms with E-state index in [-0.39, 0.29) is 5.95 Å². The van der Waals surface area contributed by atoms with Crippen molar-refractivity contribution >= 4 is 5.52 Å². The maximum Gasteiger partial charge on any atom is 0.283 e. The second-order valence-corrected chi connectivity index (χ2v) is 4.93. The van der Waals surface area contributed by atoms with Crippen molar-refractivity contribution in [1.29, 1.82) is 0 Å². The Morgan fingerprint density at radius 2 is 1.65 bits per heavy atom. The molecule has 2 heterocycles. The Kier molecular flexibility index (Phi) is 3.26. The fraction of sp³-hybridized carbons (Fsp3) is 0.235. The second kappa shape index (κ2) is 5.08. The monoisotopic (exact) mass is 269 g/mol. The predicted molar refractivity (Wildman–Crippen MR) is 77.6 cm³/mol. The van der Waals surface area contributed by atoms with Crippen LogP contribution in [0.3, 0.4) is 0 Å². The van der Waals surface area contributed by atoms with E-state index >= 15 is 0 Å². The molecule has 0 aliphatic carbocycles. The number of para-hydroxylation sites is 1. The van der Waals surface area contributed by atoms with E-state index in [4.69, 9.17) is 0 Å². The Balaban J connectivity index is 2.27. The fourth-order valence-corrected chi connectivity index (χ4v) is 2.71. The Morgan fingerprint density at radius 1 is 1.00 bits per heavy atom. The minimum Gasteiger partial charge on any atom is -0.201 e. The molecule has 0 unspecified atom stereocenters. The summed E-state index contributed by atoms with van der Waals surface area (Å²) in [5, 5.41) is 0. The lowest BCUT2D eigenvalue weighted by atomic mass is 10.0. The first-order valence-electron chi connectivity index (χ1n) is 7.03. The normalized spacial score (nSPS) is 11.2. The number of hydrogen-bond donors (Lipinski definition) is 0. The number of benzene rings is 1. The molecule has 3 aromatic rings. The van der Waals surface area contributed by atoms with E-state index in [0.29, 0.717) is 0 Å². The largest absolute Gasteiger partial charge is 0.283 e. The minimum absolute atomic E-state index is 0.242. The maximum atomic E-state index is 13.8. The van der Waals surface area contributed by atoms with Gasteiger partial charge in [0.2, 0.25) is 0 Å². The molecular weight excluding hydrogens is 251 g/mol. The fourth-order valence-electron chi connectivity index (χ4n) is 2.71. The van der Waals surface area contributed by atoms with Crippen LogP contribution in [0.25, 0.3) is 11.2 Å². The number of rotatable bonds is 3. The Labute approximate surface area is 118 Å². The van der Waals surface area contributed by atoms with Crippen molar-refractivity contribution in [3.63, 3.8) is 0 Å². The lowest BCUT2D eigenvalue weighted by Crippen LogP contribution is -2.30. The number of pyridine rings is 1. The quantitative estimate of drug-likeness (QED) is 0.508. The van der Waals surface area contributed by atoms with Gasteiger partial charge in [-0.05, 0) is 30.0 Å². The number of imidazole rings is 1. The Hall–Kier alpha value is -2.16. The molecule has 2 aromatic heterocycles. The van der Waals surface area contributed by atoms with Crippen LogP contribution in [-0.4, -0.2) is 4.40 Å². The van der Waals surface area contributed by atoms with Crippen molar-refractivity contribution in [3.05, 3.63) is 66.0 Å². The van der Waals surface area contributed by atoms with Crippen LogP contribution in [0.5, 0.6) is 0 Å². The molecule has 3 rings (SSSR count). The zero-order chi connectivity index (χ0) is 14.1. The SMILES string of the molecule is CCc1cccc(CC)c1-[n+]1cc2cccc(F)n2c1. The first kappa shape index (κ1) is 12.9. The van der Waals surface area contributed by atoms with Crippen LogP contribution in [0.1, 0.15) is 25.0 Å². The van der Waals surface area contributed by atoms with Crippen molar-refractivity contribution in [2.75, 3.05) is 0 Å². The van der Waals surface area contributed by atoms with Gasteiger partial charge in [0.05, 0.1) is 0 Å². The van der Waals surface area contributed by atoms with Gasteiger partial charge in [-0.2, -0.15) is 8.79 Å². The average Bonchev–Trinajstić information content (AvgIpc) is 2.91. The maximum absolute atomic E-state index is 13.8. The number of nitrogens with zero attached hydrogens (tertiary/aromatic N) is 2. The first-order chi connectivity index (χ1) is 9.74. The lowest BCUT2D eigenvalue weighted by molar-refractivity contribution is -0.595. The zero-order valence-electron chi connectivity index (χ0n) is 11.8. The van der Waals surface area contributed by atoms with E-state index in [0.717, 1.165) is 18.4 Å². The molecular formula is C17H18FN2+. The van der Waals surface area contributed by atoms with Crippen molar-refractivity contribution in [2.45, 2.75) is 26.7 Å². The number of aromatic nitrogens is 2. The molecule has 3 heteroatoms. The van der Waals surface area contributed by atoms with Gasteiger partial charge in [-0.15, -0.1) is 0 Å². The van der Waals surface area contributed by atoms with Crippen molar-refractivity contribution in [1.82, 2.24) is 4.40 Å². The molecule has 0 amide bonds. The van der Waals surface area contributed by atoms with Gasteiger partial charge < -0.3 is 0 Å². The molecule has 0 N–H and O–H groups in total. The highest BCUT2D eigenvalue weighted by Crippen LogP contribution is 2.17. The van der Waals surface area contributed by atoms with Gasteiger partial charge in [0.15, 0.2) is 5.52 Å². The van der Waals surface area contributed by atoms with Crippen molar-refractivity contribution < 1.29 is 8.96 Å². The molecule has 0 saturated heterocycles. The highest BCUT2D eigenvalue weighted by Gasteiger charge is 2.17. The molecule has 0 bridgehead atoms. The number of aryl methyl sites for hydroxylation is 2. The molecule has 102 valence electrons. The van der Waals surface area contributed by atoms with Gasteiger partial charge >= 0.3 is 0 Å². The topological polar surface area (TPSA) is 8.29 Å². The van der Waals surface area contributed by atoms with E-state index < -0.39 is 0 Å². The molecule has 20 heavy (non-hydrogen) atoms. The van der Waals surface area contributed by atoms with Crippen LogP contribution in [-0.2, 0) is 12.8 Å². The summed E-state index contributed by atoms with van der Waals surface area (Å²) in [6, 6.07) is 11.5. The summed E-state index contributed by atoms with van der Waals surface area (Å²) >= 11 is 0. The van der Waals surface area contributed by atoms with Crippen molar-refractivity contribution in [2.24, 2.45) is 0 Å². The molecule has 0 aliphatic rings. The Morgan fingerprint density at radius 3 is 2.25 bits per heavy atom. The van der Waals surface area contributed by atoms with Crippen LogP contribution in [0.4, 0.5) is 4.39 Å². The molecule has 1 aromatic carbocycles. The highest BCUT2D eigenvalue weighted by atomic mass is 19.1. The van der Waals surface area contributed by atoms with E-state index in [2.05, 4.69) is 32.0 Å². The van der Waals surface area contributed by atoms with E-state index in [1.165, 1.54) is 22.9 Å². The second-order valence-electron chi connectivity index (χ2n) is 4.93. The van der Waals surface area contributed by atoms with Gasteiger partial charge in [-0.3, -0.25) is 0 Å². The summed E-state index contributed by atoms with van der Waals surface area (Å²) < 4.78 is 17.4. The van der Waals surface area contributed by atoms with Crippen molar-refractivity contribution in [3.8, 4) is 5.69 Å². The van der Waals surface area contributed by atoms with Gasteiger partial charge in [-0.25, -0.2) is 4.57 Å². The molecule has 2 nitrogen and oxygen atoms in total. The summed E-state index contributed by atoms with van der Waals surface area (Å²) in [7, 11) is 0. The van der Waals surface area contributed by atoms with Crippen LogP contribution in [0.2, 0.25) is 0 Å². The number of hydrogen-bond acceptors (Lipinski definition) is 0. The molecule has 0 fully saturated rings.